The van der Waals surface area contributed by atoms with Crippen molar-refractivity contribution in [2.45, 2.75) is 13.8 Å². The third-order valence-corrected chi connectivity index (χ3v) is 4.58. The van der Waals surface area contributed by atoms with Crippen molar-refractivity contribution in [3.05, 3.63) is 48.0 Å². The van der Waals surface area contributed by atoms with Gasteiger partial charge in [0.15, 0.2) is 29.8 Å². The highest BCUT2D eigenvalue weighted by Gasteiger charge is 2.12. The van der Waals surface area contributed by atoms with Gasteiger partial charge in [-0.2, -0.15) is 0 Å². The van der Waals surface area contributed by atoms with Crippen molar-refractivity contribution in [2.24, 2.45) is 0 Å². The van der Waals surface area contributed by atoms with E-state index in [1.165, 1.54) is 11.3 Å². The molecule has 146 valence electrons. The minimum absolute atomic E-state index is 0.322. The molecule has 3 aromatic rings. The average molecular weight is 400 g/mol. The molecule has 1 aromatic heterocycles. The van der Waals surface area contributed by atoms with Crippen molar-refractivity contribution in [3.63, 3.8) is 0 Å². The minimum Gasteiger partial charge on any atom is -0.490 e. The van der Waals surface area contributed by atoms with Gasteiger partial charge >= 0.3 is 5.97 Å². The van der Waals surface area contributed by atoms with Crippen LogP contribution in [0.5, 0.6) is 11.5 Å². The lowest BCUT2D eigenvalue weighted by Crippen LogP contribution is -2.23. The lowest BCUT2D eigenvalue weighted by molar-refractivity contribution is -0.149. The molecule has 0 radical (unpaired) electrons. The quantitative estimate of drug-likeness (QED) is 0.582. The van der Waals surface area contributed by atoms with Crippen LogP contribution in [0.15, 0.2) is 42.5 Å². The van der Waals surface area contributed by atoms with Gasteiger partial charge in [0, 0.05) is 0 Å². The molecular weight excluding hydrogens is 380 g/mol. The molecule has 0 fully saturated rings. The molecule has 28 heavy (non-hydrogen) atoms. The van der Waals surface area contributed by atoms with Crippen molar-refractivity contribution >= 4 is 38.6 Å². The average Bonchev–Trinajstić information content (AvgIpc) is 3.07. The summed E-state index contributed by atoms with van der Waals surface area (Å²) >= 11 is 1.37. The Balaban J connectivity index is 1.46. The molecule has 1 amide bonds. The number of anilines is 1. The summed E-state index contributed by atoms with van der Waals surface area (Å²) in [4.78, 5) is 28.2. The first-order valence-electron chi connectivity index (χ1n) is 8.72. The summed E-state index contributed by atoms with van der Waals surface area (Å²) in [6, 6.07) is 12.9. The monoisotopic (exact) mass is 400 g/mol. The Hall–Kier alpha value is -3.13. The van der Waals surface area contributed by atoms with E-state index < -0.39 is 18.5 Å². The predicted molar refractivity (Wildman–Crippen MR) is 107 cm³/mol. The molecule has 0 aliphatic rings. The van der Waals surface area contributed by atoms with Gasteiger partial charge < -0.3 is 14.2 Å². The van der Waals surface area contributed by atoms with Crippen LogP contribution in [0.3, 0.4) is 0 Å². The number of amides is 1. The molecule has 7 nitrogen and oxygen atoms in total. The van der Waals surface area contributed by atoms with E-state index in [0.29, 0.717) is 23.2 Å². The molecule has 0 unspecified atom stereocenters. The maximum atomic E-state index is 12.0. The van der Waals surface area contributed by atoms with E-state index in [4.69, 9.17) is 14.2 Å². The zero-order chi connectivity index (χ0) is 19.9. The molecule has 0 saturated heterocycles. The Bertz CT molecular complexity index is 986. The molecular formula is C20H20N2O5S. The van der Waals surface area contributed by atoms with E-state index in [1.54, 1.807) is 18.2 Å². The largest absolute Gasteiger partial charge is 0.490 e. The van der Waals surface area contributed by atoms with Gasteiger partial charge in [-0.25, -0.2) is 9.78 Å². The molecule has 0 atom stereocenters. The Morgan fingerprint density at radius 3 is 2.57 bits per heavy atom. The van der Waals surface area contributed by atoms with Gasteiger partial charge in [-0.05, 0) is 43.7 Å². The number of ether oxygens (including phenoxy) is 3. The lowest BCUT2D eigenvalue weighted by Gasteiger charge is -2.11. The normalized spacial score (nSPS) is 10.5. The van der Waals surface area contributed by atoms with Gasteiger partial charge in [0.1, 0.15) is 0 Å². The van der Waals surface area contributed by atoms with Crippen LogP contribution >= 0.6 is 11.3 Å². The zero-order valence-corrected chi connectivity index (χ0v) is 16.4. The summed E-state index contributed by atoms with van der Waals surface area (Å²) in [5.74, 6) is -0.127. The first-order chi connectivity index (χ1) is 13.5. The molecule has 1 heterocycles. The summed E-state index contributed by atoms with van der Waals surface area (Å²) in [5, 5.41) is 3.10. The number of para-hydroxylation sites is 2. The SMILES string of the molecule is CCOc1ccccc1OCC(=O)OCC(=O)Nc1nc2ccc(C)cc2s1. The van der Waals surface area contributed by atoms with Crippen LogP contribution < -0.4 is 14.8 Å². The second-order valence-corrected chi connectivity index (χ2v) is 6.90. The van der Waals surface area contributed by atoms with Gasteiger partial charge in [-0.3, -0.25) is 10.1 Å². The number of carbonyl (C=O) groups is 2. The third kappa shape index (κ3) is 5.20. The molecule has 8 heteroatoms. The van der Waals surface area contributed by atoms with E-state index in [9.17, 15) is 9.59 Å². The predicted octanol–water partition coefficient (Wildman–Crippen LogP) is 3.56. The third-order valence-electron chi connectivity index (χ3n) is 3.65. The molecule has 0 aliphatic heterocycles. The van der Waals surface area contributed by atoms with Crippen LogP contribution in [0.2, 0.25) is 0 Å². The highest BCUT2D eigenvalue weighted by Crippen LogP contribution is 2.27. The molecule has 3 rings (SSSR count). The first kappa shape index (κ1) is 19.6. The van der Waals surface area contributed by atoms with E-state index >= 15 is 0 Å². The number of benzene rings is 2. The van der Waals surface area contributed by atoms with Gasteiger partial charge in [-0.1, -0.05) is 29.5 Å². The van der Waals surface area contributed by atoms with Crippen LogP contribution in [0.4, 0.5) is 5.13 Å². The van der Waals surface area contributed by atoms with Crippen LogP contribution in [0.25, 0.3) is 10.2 Å². The fourth-order valence-corrected chi connectivity index (χ4v) is 3.39. The summed E-state index contributed by atoms with van der Waals surface area (Å²) in [6.07, 6.45) is 0. The topological polar surface area (TPSA) is 86.8 Å². The number of nitrogens with one attached hydrogen (secondary N) is 1. The van der Waals surface area contributed by atoms with Crippen molar-refractivity contribution in [1.29, 1.82) is 0 Å². The Morgan fingerprint density at radius 2 is 1.82 bits per heavy atom. The Morgan fingerprint density at radius 1 is 1.07 bits per heavy atom. The number of esters is 1. The second-order valence-electron chi connectivity index (χ2n) is 5.87. The Kier molecular flexibility index (Phi) is 6.44. The highest BCUT2D eigenvalue weighted by atomic mass is 32.1. The van der Waals surface area contributed by atoms with Crippen molar-refractivity contribution in [2.75, 3.05) is 25.1 Å². The summed E-state index contributed by atoms with van der Waals surface area (Å²) in [6.45, 7) is 3.60. The molecule has 1 N–H and O–H groups in total. The van der Waals surface area contributed by atoms with Crippen LogP contribution in [0, 0.1) is 6.92 Å². The van der Waals surface area contributed by atoms with Gasteiger partial charge in [0.05, 0.1) is 16.8 Å². The molecule has 0 bridgehead atoms. The number of fused-ring (bicyclic) bond motifs is 1. The maximum Gasteiger partial charge on any atom is 0.344 e. The highest BCUT2D eigenvalue weighted by molar-refractivity contribution is 7.22. The lowest BCUT2D eigenvalue weighted by atomic mass is 10.2. The number of rotatable bonds is 8. The summed E-state index contributed by atoms with van der Waals surface area (Å²) in [7, 11) is 0. The van der Waals surface area contributed by atoms with Gasteiger partial charge in [-0.15, -0.1) is 0 Å². The standard InChI is InChI=1S/C20H20N2O5S/c1-3-25-15-6-4-5-7-16(15)26-12-19(24)27-11-18(23)22-20-21-14-9-8-13(2)10-17(14)28-20/h4-10H,3,11-12H2,1-2H3,(H,21,22,23). The van der Waals surface area contributed by atoms with Crippen molar-refractivity contribution < 1.29 is 23.8 Å². The summed E-state index contributed by atoms with van der Waals surface area (Å²) in [5.41, 5.74) is 1.93. The fourth-order valence-electron chi connectivity index (χ4n) is 2.41. The molecule has 2 aromatic carbocycles. The zero-order valence-electron chi connectivity index (χ0n) is 15.6. The number of aromatic nitrogens is 1. The Labute approximate surface area is 166 Å². The fraction of sp³-hybridized carbons (Fsp3) is 0.250. The van der Waals surface area contributed by atoms with Crippen LogP contribution in [-0.4, -0.2) is 36.7 Å². The maximum absolute atomic E-state index is 12.0. The number of carbonyl (C=O) groups excluding carboxylic acids is 2. The molecule has 0 spiro atoms. The first-order valence-corrected chi connectivity index (χ1v) is 9.54. The number of nitrogens with zero attached hydrogens (tertiary/aromatic N) is 1. The second kappa shape index (κ2) is 9.18. The van der Waals surface area contributed by atoms with Gasteiger partial charge in [0.25, 0.3) is 5.91 Å². The summed E-state index contributed by atoms with van der Waals surface area (Å²) < 4.78 is 16.8. The van der Waals surface area contributed by atoms with E-state index in [2.05, 4.69) is 10.3 Å². The minimum atomic E-state index is -0.652. The van der Waals surface area contributed by atoms with E-state index in [-0.39, 0.29) is 6.61 Å². The van der Waals surface area contributed by atoms with Crippen LogP contribution in [-0.2, 0) is 14.3 Å². The number of hydrogen-bond donors (Lipinski definition) is 1. The smallest absolute Gasteiger partial charge is 0.344 e. The van der Waals surface area contributed by atoms with Crippen LogP contribution in [0.1, 0.15) is 12.5 Å². The number of hydrogen-bond acceptors (Lipinski definition) is 7. The van der Waals surface area contributed by atoms with Gasteiger partial charge in [0.2, 0.25) is 0 Å². The van der Waals surface area contributed by atoms with E-state index in [1.807, 2.05) is 38.1 Å². The molecule has 0 aliphatic carbocycles. The van der Waals surface area contributed by atoms with E-state index in [0.717, 1.165) is 15.8 Å². The number of thiazole rings is 1. The van der Waals surface area contributed by atoms with Crippen molar-refractivity contribution in [1.82, 2.24) is 4.98 Å². The van der Waals surface area contributed by atoms with Crippen molar-refractivity contribution in [3.8, 4) is 11.5 Å². The molecule has 0 saturated carbocycles. The number of aryl methyl sites for hydroxylation is 1.